The van der Waals surface area contributed by atoms with Gasteiger partial charge in [0, 0.05) is 29.9 Å². The molecular weight excluding hydrogens is 298 g/mol. The standard InChI is InChI=1S/C16H19N3O2S/c1-21-16(5-7-17-8-6-16)15(20)19-13-4-2-3-12(11-13)14-18-9-10-22-14/h2-4,9-11,17H,5-8H2,1H3,(H,19,20). The second kappa shape index (κ2) is 6.56. The van der Waals surface area contributed by atoms with E-state index in [2.05, 4.69) is 15.6 Å². The molecule has 0 unspecified atom stereocenters. The molecule has 5 nitrogen and oxygen atoms in total. The summed E-state index contributed by atoms with van der Waals surface area (Å²) in [5.41, 5.74) is 1.04. The van der Waals surface area contributed by atoms with Crippen LogP contribution >= 0.6 is 11.3 Å². The number of amides is 1. The molecule has 1 amide bonds. The zero-order valence-electron chi connectivity index (χ0n) is 12.5. The third-order valence-corrected chi connectivity index (χ3v) is 4.84. The third kappa shape index (κ3) is 3.04. The Kier molecular flexibility index (Phi) is 4.52. The average molecular weight is 317 g/mol. The molecule has 6 heteroatoms. The zero-order valence-corrected chi connectivity index (χ0v) is 13.3. The first-order chi connectivity index (χ1) is 10.7. The molecule has 1 aromatic heterocycles. The lowest BCUT2D eigenvalue weighted by molar-refractivity contribution is -0.140. The first kappa shape index (κ1) is 15.1. The monoisotopic (exact) mass is 317 g/mol. The number of carbonyl (C=O) groups excluding carboxylic acids is 1. The summed E-state index contributed by atoms with van der Waals surface area (Å²) in [4.78, 5) is 16.9. The molecule has 1 aliphatic heterocycles. The van der Waals surface area contributed by atoms with Crippen molar-refractivity contribution in [1.82, 2.24) is 10.3 Å². The molecule has 116 valence electrons. The molecule has 0 bridgehead atoms. The Hall–Kier alpha value is -1.76. The molecule has 22 heavy (non-hydrogen) atoms. The highest BCUT2D eigenvalue weighted by molar-refractivity contribution is 7.13. The van der Waals surface area contributed by atoms with Gasteiger partial charge in [-0.2, -0.15) is 0 Å². The van der Waals surface area contributed by atoms with E-state index in [9.17, 15) is 4.79 Å². The second-order valence-electron chi connectivity index (χ2n) is 5.32. The van der Waals surface area contributed by atoms with Crippen molar-refractivity contribution in [2.75, 3.05) is 25.5 Å². The van der Waals surface area contributed by atoms with E-state index in [1.165, 1.54) is 0 Å². The average Bonchev–Trinajstić information content (AvgIpc) is 3.10. The highest BCUT2D eigenvalue weighted by Gasteiger charge is 2.39. The minimum absolute atomic E-state index is 0.0761. The Bertz CT molecular complexity index is 637. The van der Waals surface area contributed by atoms with E-state index in [1.54, 1.807) is 24.6 Å². The summed E-state index contributed by atoms with van der Waals surface area (Å²) in [6, 6.07) is 7.75. The van der Waals surface area contributed by atoms with Crippen LogP contribution in [-0.4, -0.2) is 36.7 Å². The minimum Gasteiger partial charge on any atom is -0.368 e. The summed E-state index contributed by atoms with van der Waals surface area (Å²) < 4.78 is 5.55. The van der Waals surface area contributed by atoms with Crippen molar-refractivity contribution in [1.29, 1.82) is 0 Å². The van der Waals surface area contributed by atoms with Gasteiger partial charge in [0.15, 0.2) is 0 Å². The van der Waals surface area contributed by atoms with Crippen LogP contribution < -0.4 is 10.6 Å². The molecule has 0 aliphatic carbocycles. The highest BCUT2D eigenvalue weighted by Crippen LogP contribution is 2.27. The van der Waals surface area contributed by atoms with E-state index >= 15 is 0 Å². The lowest BCUT2D eigenvalue weighted by atomic mass is 9.91. The van der Waals surface area contributed by atoms with E-state index in [0.717, 1.165) is 29.3 Å². The molecule has 0 saturated carbocycles. The number of nitrogens with one attached hydrogen (secondary N) is 2. The molecule has 1 aromatic carbocycles. The number of ether oxygens (including phenoxy) is 1. The maximum atomic E-state index is 12.6. The molecule has 0 radical (unpaired) electrons. The van der Waals surface area contributed by atoms with Crippen molar-refractivity contribution in [2.24, 2.45) is 0 Å². The fourth-order valence-electron chi connectivity index (χ4n) is 2.70. The van der Waals surface area contributed by atoms with E-state index in [4.69, 9.17) is 4.74 Å². The van der Waals surface area contributed by atoms with Gasteiger partial charge >= 0.3 is 0 Å². The summed E-state index contributed by atoms with van der Waals surface area (Å²) in [5.74, 6) is -0.0761. The lowest BCUT2D eigenvalue weighted by Crippen LogP contribution is -2.51. The van der Waals surface area contributed by atoms with E-state index in [-0.39, 0.29) is 5.91 Å². The summed E-state index contributed by atoms with van der Waals surface area (Å²) in [7, 11) is 1.61. The number of hydrogen-bond acceptors (Lipinski definition) is 5. The topological polar surface area (TPSA) is 63.2 Å². The highest BCUT2D eigenvalue weighted by atomic mass is 32.1. The van der Waals surface area contributed by atoms with Gasteiger partial charge < -0.3 is 15.4 Å². The normalized spacial score (nSPS) is 17.1. The van der Waals surface area contributed by atoms with Crippen molar-refractivity contribution in [3.05, 3.63) is 35.8 Å². The molecule has 1 fully saturated rings. The van der Waals surface area contributed by atoms with Gasteiger partial charge in [-0.1, -0.05) is 12.1 Å². The summed E-state index contributed by atoms with van der Waals surface area (Å²) in [6.07, 6.45) is 3.14. The van der Waals surface area contributed by atoms with Crippen LogP contribution in [-0.2, 0) is 9.53 Å². The lowest BCUT2D eigenvalue weighted by Gasteiger charge is -2.34. The second-order valence-corrected chi connectivity index (χ2v) is 6.22. The molecule has 2 N–H and O–H groups in total. The molecule has 1 saturated heterocycles. The van der Waals surface area contributed by atoms with Gasteiger partial charge in [0.1, 0.15) is 10.6 Å². The van der Waals surface area contributed by atoms with Crippen LogP contribution in [0.3, 0.4) is 0 Å². The zero-order chi connectivity index (χ0) is 15.4. The minimum atomic E-state index is -0.734. The number of nitrogens with zero attached hydrogens (tertiary/aromatic N) is 1. The number of piperidine rings is 1. The van der Waals surface area contributed by atoms with Crippen LogP contribution in [0.15, 0.2) is 35.8 Å². The molecule has 1 aliphatic rings. The van der Waals surface area contributed by atoms with Crippen LogP contribution in [0.5, 0.6) is 0 Å². The molecule has 0 atom stereocenters. The molecule has 2 aromatic rings. The van der Waals surface area contributed by atoms with Gasteiger partial charge in [0.05, 0.1) is 0 Å². The molecule has 3 rings (SSSR count). The first-order valence-electron chi connectivity index (χ1n) is 7.31. The maximum absolute atomic E-state index is 12.6. The number of hydrogen-bond donors (Lipinski definition) is 2. The van der Waals surface area contributed by atoms with Crippen molar-refractivity contribution in [3.63, 3.8) is 0 Å². The van der Waals surface area contributed by atoms with Crippen molar-refractivity contribution >= 4 is 22.9 Å². The van der Waals surface area contributed by atoms with Crippen LogP contribution in [0.25, 0.3) is 10.6 Å². The smallest absolute Gasteiger partial charge is 0.256 e. The first-order valence-corrected chi connectivity index (χ1v) is 8.19. The van der Waals surface area contributed by atoms with Crippen molar-refractivity contribution < 1.29 is 9.53 Å². The fraction of sp³-hybridized carbons (Fsp3) is 0.375. The van der Waals surface area contributed by atoms with E-state index < -0.39 is 5.60 Å². The van der Waals surface area contributed by atoms with E-state index in [0.29, 0.717) is 12.8 Å². The quantitative estimate of drug-likeness (QED) is 0.909. The molecular formula is C16H19N3O2S. The Morgan fingerprint density at radius 1 is 1.41 bits per heavy atom. The van der Waals surface area contributed by atoms with Crippen molar-refractivity contribution in [3.8, 4) is 10.6 Å². The SMILES string of the molecule is COC1(C(=O)Nc2cccc(-c3nccs3)c2)CCNCC1. The van der Waals surface area contributed by atoms with Gasteiger partial charge in [-0.05, 0) is 38.1 Å². The number of aromatic nitrogens is 1. The van der Waals surface area contributed by atoms with Gasteiger partial charge in [-0.15, -0.1) is 11.3 Å². The summed E-state index contributed by atoms with van der Waals surface area (Å²) >= 11 is 1.58. The van der Waals surface area contributed by atoms with Crippen LogP contribution in [0.1, 0.15) is 12.8 Å². The number of benzene rings is 1. The van der Waals surface area contributed by atoms with Gasteiger partial charge in [0.2, 0.25) is 0 Å². The van der Waals surface area contributed by atoms with Crippen LogP contribution in [0, 0.1) is 0 Å². The Balaban J connectivity index is 1.78. The van der Waals surface area contributed by atoms with Gasteiger partial charge in [-0.25, -0.2) is 4.98 Å². The van der Waals surface area contributed by atoms with Gasteiger partial charge in [0.25, 0.3) is 5.91 Å². The largest absolute Gasteiger partial charge is 0.368 e. The maximum Gasteiger partial charge on any atom is 0.256 e. The number of anilines is 1. The fourth-order valence-corrected chi connectivity index (χ4v) is 3.33. The predicted molar refractivity (Wildman–Crippen MR) is 88.0 cm³/mol. The summed E-state index contributed by atoms with van der Waals surface area (Å²) in [5, 5.41) is 9.13. The predicted octanol–water partition coefficient (Wildman–Crippen LogP) is 2.52. The van der Waals surface area contributed by atoms with Crippen LogP contribution in [0.4, 0.5) is 5.69 Å². The van der Waals surface area contributed by atoms with E-state index in [1.807, 2.05) is 29.6 Å². The van der Waals surface area contributed by atoms with Crippen molar-refractivity contribution in [2.45, 2.75) is 18.4 Å². The third-order valence-electron chi connectivity index (χ3n) is 4.02. The number of rotatable bonds is 4. The van der Waals surface area contributed by atoms with Crippen LogP contribution in [0.2, 0.25) is 0 Å². The summed E-state index contributed by atoms with van der Waals surface area (Å²) in [6.45, 7) is 1.58. The van der Waals surface area contributed by atoms with Gasteiger partial charge in [-0.3, -0.25) is 4.79 Å². The molecule has 0 spiro atoms. The number of carbonyl (C=O) groups is 1. The Morgan fingerprint density at radius 3 is 2.91 bits per heavy atom. The molecule has 2 heterocycles. The number of methoxy groups -OCH3 is 1. The Morgan fingerprint density at radius 2 is 2.23 bits per heavy atom. The Labute approximate surface area is 133 Å². The number of thiazole rings is 1.